The molecule has 0 saturated heterocycles. The normalized spacial score (nSPS) is 11.1. The van der Waals surface area contributed by atoms with E-state index in [1.54, 1.807) is 23.6 Å². The van der Waals surface area contributed by atoms with Gasteiger partial charge >= 0.3 is 5.97 Å². The zero-order valence-electron chi connectivity index (χ0n) is 17.8. The molecule has 0 aliphatic carbocycles. The van der Waals surface area contributed by atoms with Gasteiger partial charge in [-0.25, -0.2) is 4.79 Å². The maximum absolute atomic E-state index is 13.0. The van der Waals surface area contributed by atoms with Crippen LogP contribution in [0.1, 0.15) is 57.4 Å². The molecule has 2 aromatic carbocycles. The van der Waals surface area contributed by atoms with Gasteiger partial charge in [-0.05, 0) is 34.6 Å². The van der Waals surface area contributed by atoms with Gasteiger partial charge in [0.05, 0.1) is 5.56 Å². The van der Waals surface area contributed by atoms with Gasteiger partial charge < -0.3 is 10.1 Å². The Morgan fingerprint density at radius 1 is 1.06 bits per heavy atom. The van der Waals surface area contributed by atoms with Crippen LogP contribution in [-0.2, 0) is 11.3 Å². The molecular formula is C25H25NO4S. The van der Waals surface area contributed by atoms with E-state index in [9.17, 15) is 14.4 Å². The van der Waals surface area contributed by atoms with Crippen LogP contribution >= 0.6 is 11.3 Å². The van der Waals surface area contributed by atoms with Crippen molar-refractivity contribution in [1.29, 1.82) is 0 Å². The molecule has 0 saturated carbocycles. The minimum atomic E-state index is -0.547. The van der Waals surface area contributed by atoms with Crippen LogP contribution in [0, 0.1) is 5.41 Å². The number of hydrogen-bond donors (Lipinski definition) is 1. The maximum Gasteiger partial charge on any atom is 0.339 e. The summed E-state index contributed by atoms with van der Waals surface area (Å²) in [5, 5.41) is 4.69. The Balaban J connectivity index is 1.92. The average molecular weight is 436 g/mol. The summed E-state index contributed by atoms with van der Waals surface area (Å²) in [6.07, 6.45) is 0.759. The third-order valence-corrected chi connectivity index (χ3v) is 5.52. The molecule has 1 N–H and O–H groups in total. The van der Waals surface area contributed by atoms with Crippen molar-refractivity contribution in [2.75, 3.05) is 6.54 Å². The summed E-state index contributed by atoms with van der Waals surface area (Å²) in [6, 6.07) is 16.0. The van der Waals surface area contributed by atoms with E-state index < -0.39 is 5.97 Å². The molecule has 0 radical (unpaired) electrons. The fourth-order valence-corrected chi connectivity index (χ4v) is 3.84. The fraction of sp³-hybridized carbons (Fsp3) is 0.240. The Bertz CT molecular complexity index is 1080. The third kappa shape index (κ3) is 5.89. The van der Waals surface area contributed by atoms with Crippen LogP contribution in [0.15, 0.2) is 60.0 Å². The van der Waals surface area contributed by atoms with Crippen molar-refractivity contribution in [2.24, 2.45) is 5.41 Å². The van der Waals surface area contributed by atoms with Crippen molar-refractivity contribution >= 4 is 29.5 Å². The zero-order valence-corrected chi connectivity index (χ0v) is 18.6. The fourth-order valence-electron chi connectivity index (χ4n) is 2.93. The molecule has 1 heterocycles. The highest BCUT2D eigenvalue weighted by Gasteiger charge is 2.21. The number of hydrogen-bond acceptors (Lipinski definition) is 5. The molecule has 0 aliphatic heterocycles. The second-order valence-corrected chi connectivity index (χ2v) is 9.30. The summed E-state index contributed by atoms with van der Waals surface area (Å²) in [5.74, 6) is -0.810. The lowest BCUT2D eigenvalue weighted by Gasteiger charge is -2.19. The zero-order chi connectivity index (χ0) is 22.4. The third-order valence-electron chi connectivity index (χ3n) is 4.56. The first-order valence-corrected chi connectivity index (χ1v) is 10.8. The van der Waals surface area contributed by atoms with Crippen LogP contribution in [0.2, 0.25) is 0 Å². The first kappa shape index (κ1) is 22.4. The van der Waals surface area contributed by atoms with E-state index in [1.807, 2.05) is 51.1 Å². The Morgan fingerprint density at radius 3 is 2.48 bits per heavy atom. The number of aldehydes is 1. The van der Waals surface area contributed by atoms with E-state index >= 15 is 0 Å². The number of amides is 1. The minimum Gasteiger partial charge on any atom is -0.457 e. The summed E-state index contributed by atoms with van der Waals surface area (Å²) in [7, 11) is 0. The molecule has 0 aliphatic rings. The lowest BCUT2D eigenvalue weighted by molar-refractivity contribution is 0.0473. The number of carbonyl (C=O) groups excluding carboxylic acids is 3. The molecule has 0 atom stereocenters. The van der Waals surface area contributed by atoms with E-state index in [-0.39, 0.29) is 23.5 Å². The lowest BCUT2D eigenvalue weighted by atomic mass is 9.96. The molecule has 6 heteroatoms. The SMILES string of the molecule is CC(C)(C)CNC(=O)c1ccc(-c2sccc2C=O)c(C(=O)OCc2ccccc2)c1. The van der Waals surface area contributed by atoms with Gasteiger partial charge in [0.2, 0.25) is 0 Å². The van der Waals surface area contributed by atoms with Gasteiger partial charge in [-0.15, -0.1) is 11.3 Å². The second-order valence-electron chi connectivity index (χ2n) is 8.39. The Hall–Kier alpha value is -3.25. The van der Waals surface area contributed by atoms with Gasteiger partial charge in [0, 0.05) is 28.1 Å². The van der Waals surface area contributed by atoms with Crippen molar-refractivity contribution in [3.05, 3.63) is 82.2 Å². The highest BCUT2D eigenvalue weighted by molar-refractivity contribution is 7.14. The molecule has 0 bridgehead atoms. The first-order chi connectivity index (χ1) is 14.8. The van der Waals surface area contributed by atoms with Crippen LogP contribution < -0.4 is 5.32 Å². The van der Waals surface area contributed by atoms with Crippen molar-refractivity contribution in [2.45, 2.75) is 27.4 Å². The molecule has 3 aromatic rings. The van der Waals surface area contributed by atoms with Crippen LogP contribution in [0.4, 0.5) is 0 Å². The van der Waals surface area contributed by atoms with Crippen LogP contribution in [-0.4, -0.2) is 24.7 Å². The number of thiophene rings is 1. The Labute approximate surface area is 186 Å². The van der Waals surface area contributed by atoms with E-state index in [1.165, 1.54) is 17.4 Å². The number of benzene rings is 2. The molecular weight excluding hydrogens is 410 g/mol. The summed E-state index contributed by atoms with van der Waals surface area (Å²) in [4.78, 5) is 37.7. The summed E-state index contributed by atoms with van der Waals surface area (Å²) >= 11 is 1.36. The van der Waals surface area contributed by atoms with E-state index in [4.69, 9.17) is 4.74 Å². The minimum absolute atomic E-state index is 0.0666. The lowest BCUT2D eigenvalue weighted by Crippen LogP contribution is -2.32. The summed E-state index contributed by atoms with van der Waals surface area (Å²) in [6.45, 7) is 6.70. The van der Waals surface area contributed by atoms with Crippen LogP contribution in [0.5, 0.6) is 0 Å². The van der Waals surface area contributed by atoms with Gasteiger partial charge in [-0.2, -0.15) is 0 Å². The highest BCUT2D eigenvalue weighted by Crippen LogP contribution is 2.32. The average Bonchev–Trinajstić information content (AvgIpc) is 3.24. The number of nitrogens with one attached hydrogen (secondary N) is 1. The quantitative estimate of drug-likeness (QED) is 0.400. The Kier molecular flexibility index (Phi) is 7.02. The molecule has 31 heavy (non-hydrogen) atoms. The van der Waals surface area contributed by atoms with Gasteiger partial charge in [-0.3, -0.25) is 9.59 Å². The van der Waals surface area contributed by atoms with Crippen molar-refractivity contribution < 1.29 is 19.1 Å². The molecule has 0 unspecified atom stereocenters. The van der Waals surface area contributed by atoms with Crippen LogP contribution in [0.25, 0.3) is 10.4 Å². The van der Waals surface area contributed by atoms with Crippen LogP contribution in [0.3, 0.4) is 0 Å². The molecule has 1 amide bonds. The molecule has 0 spiro atoms. The van der Waals surface area contributed by atoms with Crippen molar-refractivity contribution in [1.82, 2.24) is 5.32 Å². The molecule has 5 nitrogen and oxygen atoms in total. The number of esters is 1. The molecule has 1 aromatic heterocycles. The van der Waals surface area contributed by atoms with Gasteiger partial charge in [0.1, 0.15) is 6.61 Å². The molecule has 160 valence electrons. The topological polar surface area (TPSA) is 72.5 Å². The second kappa shape index (κ2) is 9.71. The Morgan fingerprint density at radius 2 is 1.81 bits per heavy atom. The number of ether oxygens (including phenoxy) is 1. The molecule has 0 fully saturated rings. The largest absolute Gasteiger partial charge is 0.457 e. The predicted molar refractivity (Wildman–Crippen MR) is 122 cm³/mol. The van der Waals surface area contributed by atoms with E-state index in [2.05, 4.69) is 5.32 Å². The monoisotopic (exact) mass is 435 g/mol. The smallest absolute Gasteiger partial charge is 0.339 e. The standard InChI is InChI=1S/C25H25NO4S/c1-25(2,3)16-26-23(28)18-9-10-20(22-19(14-27)11-12-31-22)21(13-18)24(29)30-15-17-7-5-4-6-8-17/h4-14H,15-16H2,1-3H3,(H,26,28). The number of rotatable bonds is 7. The molecule has 3 rings (SSSR count). The van der Waals surface area contributed by atoms with E-state index in [0.29, 0.717) is 28.1 Å². The van der Waals surface area contributed by atoms with Gasteiger partial charge in [0.25, 0.3) is 5.91 Å². The van der Waals surface area contributed by atoms with Gasteiger partial charge in [0.15, 0.2) is 6.29 Å². The summed E-state index contributed by atoms with van der Waals surface area (Å²) in [5.41, 5.74) is 2.48. The highest BCUT2D eigenvalue weighted by atomic mass is 32.1. The number of carbonyl (C=O) groups is 3. The van der Waals surface area contributed by atoms with Crippen molar-refractivity contribution in [3.8, 4) is 10.4 Å². The summed E-state index contributed by atoms with van der Waals surface area (Å²) < 4.78 is 5.52. The maximum atomic E-state index is 13.0. The first-order valence-electron chi connectivity index (χ1n) is 9.95. The van der Waals surface area contributed by atoms with Crippen molar-refractivity contribution in [3.63, 3.8) is 0 Å². The predicted octanol–water partition coefficient (Wildman–Crippen LogP) is 5.36. The van der Waals surface area contributed by atoms with Gasteiger partial charge in [-0.1, -0.05) is 57.2 Å². The van der Waals surface area contributed by atoms with E-state index in [0.717, 1.165) is 11.8 Å².